The van der Waals surface area contributed by atoms with Crippen LogP contribution in [0.25, 0.3) is 97.0 Å². The standard InChI is InChI=1S/C66H50N2OS/c1-4-41(2)64(67-57(46-31-29-44(30-32-46)43-17-6-5-7-18-43)37-42(3)50-26-16-28-60-62(50)52-24-13-11-22-49(52)40-69-60)55-35-34-54-63-51-23-12-10-19-45(51)33-36-61(63)70-66(54)65(55)68-58-27-15-14-25-53(58)56-38-47-20-8-9-21-48(47)39-59(56)68/h5-39,41,64H,4,40H2,1-3H3/b42-37+,67-57?. The summed E-state index contributed by atoms with van der Waals surface area (Å²) in [5.41, 5.74) is 15.1. The van der Waals surface area contributed by atoms with Gasteiger partial charge < -0.3 is 9.30 Å². The summed E-state index contributed by atoms with van der Waals surface area (Å²) in [7, 11) is 0. The van der Waals surface area contributed by atoms with Crippen LogP contribution in [-0.2, 0) is 6.61 Å². The van der Waals surface area contributed by atoms with Crippen molar-refractivity contribution in [1.82, 2.24) is 4.57 Å². The predicted molar refractivity (Wildman–Crippen MR) is 299 cm³/mol. The molecule has 0 saturated heterocycles. The maximum absolute atomic E-state index is 6.41. The molecule has 3 heterocycles. The first-order chi connectivity index (χ1) is 34.5. The lowest BCUT2D eigenvalue weighted by Crippen LogP contribution is -2.14. The highest BCUT2D eigenvalue weighted by molar-refractivity contribution is 7.26. The van der Waals surface area contributed by atoms with E-state index in [0.717, 1.165) is 40.1 Å². The van der Waals surface area contributed by atoms with E-state index >= 15 is 0 Å². The summed E-state index contributed by atoms with van der Waals surface area (Å²) in [6.45, 7) is 7.50. The third kappa shape index (κ3) is 6.96. The summed E-state index contributed by atoms with van der Waals surface area (Å²) < 4.78 is 11.6. The Morgan fingerprint density at radius 3 is 2.17 bits per heavy atom. The molecular weight excluding hydrogens is 869 g/mol. The van der Waals surface area contributed by atoms with Crippen LogP contribution in [0, 0.1) is 5.92 Å². The van der Waals surface area contributed by atoms with E-state index in [1.54, 1.807) is 0 Å². The lowest BCUT2D eigenvalue weighted by Gasteiger charge is -2.26. The molecule has 0 radical (unpaired) electrons. The van der Waals surface area contributed by atoms with E-state index in [9.17, 15) is 0 Å². The van der Waals surface area contributed by atoms with Crippen LogP contribution in [-0.4, -0.2) is 10.3 Å². The number of fused-ring (bicyclic) bond motifs is 12. The van der Waals surface area contributed by atoms with Crippen LogP contribution in [0.4, 0.5) is 0 Å². The number of thiophene rings is 1. The molecule has 0 amide bonds. The van der Waals surface area contributed by atoms with Crippen LogP contribution in [0.1, 0.15) is 55.5 Å². The van der Waals surface area contributed by atoms with Gasteiger partial charge in [-0.1, -0.05) is 196 Å². The SMILES string of the molecule is CCC(C)C(N=C(/C=C(\C)c1cccc2c1-c1ccccc1CO2)c1ccc(-c2ccccc2)cc1)c1ccc2c(sc3ccc4ccccc4c32)c1-n1c2ccccc2c2cc3ccccc3cc21. The monoisotopic (exact) mass is 918 g/mol. The first-order valence-electron chi connectivity index (χ1n) is 24.6. The van der Waals surface area contributed by atoms with Crippen LogP contribution < -0.4 is 4.74 Å². The van der Waals surface area contributed by atoms with Crippen LogP contribution in [0.5, 0.6) is 5.75 Å². The zero-order chi connectivity index (χ0) is 46.9. The minimum Gasteiger partial charge on any atom is -0.488 e. The topological polar surface area (TPSA) is 26.5 Å². The maximum atomic E-state index is 6.41. The fourth-order valence-corrected chi connectivity index (χ4v) is 12.4. The second-order valence-corrected chi connectivity index (χ2v) is 20.0. The quantitative estimate of drug-likeness (QED) is 0.133. The lowest BCUT2D eigenvalue weighted by molar-refractivity contribution is 0.302. The van der Waals surface area contributed by atoms with Crippen LogP contribution in [0.15, 0.2) is 217 Å². The number of hydrogen-bond donors (Lipinski definition) is 0. The molecule has 1 aliphatic rings. The minimum atomic E-state index is -0.204. The number of aliphatic imine (C=N–C) groups is 1. The van der Waals surface area contributed by atoms with Gasteiger partial charge >= 0.3 is 0 Å². The summed E-state index contributed by atoms with van der Waals surface area (Å²) in [6, 6.07) is 75.4. The average Bonchev–Trinajstić information content (AvgIpc) is 3.96. The van der Waals surface area contributed by atoms with Gasteiger partial charge in [-0.3, -0.25) is 4.99 Å². The molecule has 70 heavy (non-hydrogen) atoms. The zero-order valence-electron chi connectivity index (χ0n) is 39.5. The van der Waals surface area contributed by atoms with Gasteiger partial charge in [0.05, 0.1) is 33.2 Å². The highest BCUT2D eigenvalue weighted by Gasteiger charge is 2.28. The predicted octanol–water partition coefficient (Wildman–Crippen LogP) is 18.4. The molecule has 4 heteroatoms. The van der Waals surface area contributed by atoms with Gasteiger partial charge in [-0.15, -0.1) is 11.3 Å². The highest BCUT2D eigenvalue weighted by atomic mass is 32.1. The first-order valence-corrected chi connectivity index (χ1v) is 25.4. The molecule has 12 aromatic rings. The van der Waals surface area contributed by atoms with E-state index in [4.69, 9.17) is 9.73 Å². The second-order valence-electron chi connectivity index (χ2n) is 19.0. The van der Waals surface area contributed by atoms with Crippen molar-refractivity contribution in [3.05, 3.63) is 235 Å². The average molecular weight is 919 g/mol. The van der Waals surface area contributed by atoms with E-state index in [1.807, 2.05) is 11.3 Å². The molecule has 0 bridgehead atoms. The van der Waals surface area contributed by atoms with E-state index in [0.29, 0.717) is 6.61 Å². The summed E-state index contributed by atoms with van der Waals surface area (Å²) in [5, 5.41) is 10.1. The van der Waals surface area contributed by atoms with Gasteiger partial charge in [0.1, 0.15) is 12.4 Å². The van der Waals surface area contributed by atoms with Crippen molar-refractivity contribution >= 4 is 86.1 Å². The van der Waals surface area contributed by atoms with Gasteiger partial charge in [0.2, 0.25) is 0 Å². The fraction of sp³-hybridized carbons (Fsp3) is 0.106. The molecule has 0 spiro atoms. The Balaban J connectivity index is 1.10. The van der Waals surface area contributed by atoms with Crippen LogP contribution in [0.2, 0.25) is 0 Å². The largest absolute Gasteiger partial charge is 0.488 e. The Hall–Kier alpha value is -8.05. The smallest absolute Gasteiger partial charge is 0.128 e. The second kappa shape index (κ2) is 17.2. The number of aromatic nitrogens is 1. The zero-order valence-corrected chi connectivity index (χ0v) is 40.3. The van der Waals surface area contributed by atoms with E-state index in [2.05, 4.69) is 238 Å². The molecule has 0 N–H and O–H groups in total. The number of benzene rings is 10. The van der Waals surface area contributed by atoms with Crippen molar-refractivity contribution in [3.8, 4) is 33.7 Å². The molecule has 2 unspecified atom stereocenters. The Bertz CT molecular complexity index is 4080. The summed E-state index contributed by atoms with van der Waals surface area (Å²) >= 11 is 1.91. The summed E-state index contributed by atoms with van der Waals surface area (Å²) in [5.74, 6) is 1.11. The molecule has 0 saturated carbocycles. The lowest BCUT2D eigenvalue weighted by atomic mass is 9.88. The number of rotatable bonds is 9. The van der Waals surface area contributed by atoms with Crippen molar-refractivity contribution in [2.45, 2.75) is 39.8 Å². The normalized spacial score (nSPS) is 13.8. The minimum absolute atomic E-state index is 0.192. The Morgan fingerprint density at radius 2 is 1.34 bits per heavy atom. The summed E-state index contributed by atoms with van der Waals surface area (Å²) in [6.07, 6.45) is 3.28. The van der Waals surface area contributed by atoms with E-state index in [-0.39, 0.29) is 12.0 Å². The van der Waals surface area contributed by atoms with Crippen molar-refractivity contribution < 1.29 is 4.74 Å². The van der Waals surface area contributed by atoms with Crippen molar-refractivity contribution in [3.63, 3.8) is 0 Å². The van der Waals surface area contributed by atoms with Gasteiger partial charge in [0.15, 0.2) is 0 Å². The van der Waals surface area contributed by atoms with Gasteiger partial charge in [0.25, 0.3) is 0 Å². The van der Waals surface area contributed by atoms with Crippen molar-refractivity contribution in [2.24, 2.45) is 10.9 Å². The fourth-order valence-electron chi connectivity index (χ4n) is 11.1. The molecule has 3 nitrogen and oxygen atoms in total. The van der Waals surface area contributed by atoms with Crippen LogP contribution >= 0.6 is 11.3 Å². The number of hydrogen-bond acceptors (Lipinski definition) is 3. The molecule has 0 fully saturated rings. The maximum Gasteiger partial charge on any atom is 0.128 e. The van der Waals surface area contributed by atoms with E-state index in [1.165, 1.54) is 97.0 Å². The molecule has 336 valence electrons. The molecule has 0 aliphatic carbocycles. The van der Waals surface area contributed by atoms with Gasteiger partial charge in [0, 0.05) is 37.4 Å². The Morgan fingerprint density at radius 1 is 0.629 bits per heavy atom. The number of para-hydroxylation sites is 1. The van der Waals surface area contributed by atoms with Gasteiger partial charge in [-0.2, -0.15) is 0 Å². The molecule has 10 aromatic carbocycles. The van der Waals surface area contributed by atoms with Crippen molar-refractivity contribution in [1.29, 1.82) is 0 Å². The summed E-state index contributed by atoms with van der Waals surface area (Å²) in [4.78, 5) is 6.10. The van der Waals surface area contributed by atoms with E-state index < -0.39 is 0 Å². The number of allylic oxidation sites excluding steroid dienone is 2. The van der Waals surface area contributed by atoms with Crippen molar-refractivity contribution in [2.75, 3.05) is 0 Å². The first kappa shape index (κ1) is 42.1. The molecule has 2 atom stereocenters. The highest BCUT2D eigenvalue weighted by Crippen LogP contribution is 2.48. The molecule has 2 aromatic heterocycles. The third-order valence-electron chi connectivity index (χ3n) is 14.8. The Labute approximate surface area is 412 Å². The Kier molecular flexibility index (Phi) is 10.3. The number of ether oxygens (including phenoxy) is 1. The molecule has 13 rings (SSSR count). The van der Waals surface area contributed by atoms with Gasteiger partial charge in [-0.05, 0) is 110 Å². The number of nitrogens with zero attached hydrogens (tertiary/aromatic N) is 2. The third-order valence-corrected chi connectivity index (χ3v) is 16.0. The van der Waals surface area contributed by atoms with Gasteiger partial charge in [-0.25, -0.2) is 0 Å². The molecule has 1 aliphatic heterocycles. The molecular formula is C66H50N2OS. The van der Waals surface area contributed by atoms with Crippen LogP contribution in [0.3, 0.4) is 0 Å².